The van der Waals surface area contributed by atoms with Crippen LogP contribution in [0.2, 0.25) is 0 Å². The van der Waals surface area contributed by atoms with Gasteiger partial charge in [0.15, 0.2) is 11.5 Å². The zero-order valence-electron chi connectivity index (χ0n) is 14.4. The van der Waals surface area contributed by atoms with Gasteiger partial charge in [0.25, 0.3) is 5.91 Å². The van der Waals surface area contributed by atoms with Gasteiger partial charge in [0, 0.05) is 37.6 Å². The normalized spacial score (nSPS) is 16.6. The van der Waals surface area contributed by atoms with Crippen molar-refractivity contribution in [3.05, 3.63) is 52.1 Å². The summed E-state index contributed by atoms with van der Waals surface area (Å²) in [4.78, 5) is 25.9. The fraction of sp³-hybridized carbons (Fsp3) is 0.368. The Morgan fingerprint density at radius 1 is 1.12 bits per heavy atom. The van der Waals surface area contributed by atoms with Crippen molar-refractivity contribution in [3.8, 4) is 17.2 Å². The van der Waals surface area contributed by atoms with E-state index in [0.29, 0.717) is 54.5 Å². The van der Waals surface area contributed by atoms with Gasteiger partial charge in [-0.05, 0) is 25.1 Å². The van der Waals surface area contributed by atoms with E-state index in [1.54, 1.807) is 31.2 Å². The second-order valence-corrected chi connectivity index (χ2v) is 6.40. The Bertz CT molecular complexity index is 882. The van der Waals surface area contributed by atoms with Crippen LogP contribution in [-0.2, 0) is 0 Å². The number of nitrogens with zero attached hydrogens (tertiary/aromatic N) is 1. The summed E-state index contributed by atoms with van der Waals surface area (Å²) >= 11 is 0. The van der Waals surface area contributed by atoms with Crippen LogP contribution in [-0.4, -0.2) is 36.8 Å². The van der Waals surface area contributed by atoms with E-state index in [1.165, 1.54) is 6.07 Å². The Labute approximate surface area is 150 Å². The van der Waals surface area contributed by atoms with Gasteiger partial charge in [0.2, 0.25) is 6.79 Å². The number of piperidine rings is 1. The predicted octanol–water partition coefficient (Wildman–Crippen LogP) is 2.36. The lowest BCUT2D eigenvalue weighted by atomic mass is 10.1. The fourth-order valence-corrected chi connectivity index (χ4v) is 3.23. The summed E-state index contributed by atoms with van der Waals surface area (Å²) in [5.41, 5.74) is 0.167. The molecule has 2 aliphatic rings. The molecule has 1 amide bonds. The highest BCUT2D eigenvalue weighted by Gasteiger charge is 2.26. The standard InChI is InChI=1S/C19H19NO6/c1-12-8-15(10-18(21)25-12)26-14-4-6-20(7-5-14)19(22)13-2-3-16-17(9-13)24-11-23-16/h2-3,8-10,14H,4-7,11H2,1H3. The molecule has 0 saturated carbocycles. The third-order valence-electron chi connectivity index (χ3n) is 4.52. The smallest absolute Gasteiger partial charge is 0.339 e. The highest BCUT2D eigenvalue weighted by atomic mass is 16.7. The molecule has 0 aliphatic carbocycles. The molecule has 0 radical (unpaired) electrons. The van der Waals surface area contributed by atoms with E-state index in [9.17, 15) is 9.59 Å². The average molecular weight is 357 g/mol. The van der Waals surface area contributed by atoms with Crippen LogP contribution in [0.1, 0.15) is 29.0 Å². The first-order chi connectivity index (χ1) is 12.6. The molecular weight excluding hydrogens is 338 g/mol. The molecule has 2 aliphatic heterocycles. The number of likely N-dealkylation sites (tertiary alicyclic amines) is 1. The van der Waals surface area contributed by atoms with Crippen LogP contribution in [0.5, 0.6) is 17.2 Å². The van der Waals surface area contributed by atoms with Gasteiger partial charge in [-0.3, -0.25) is 4.79 Å². The lowest BCUT2D eigenvalue weighted by Crippen LogP contribution is -2.41. The van der Waals surface area contributed by atoms with Crippen molar-refractivity contribution in [3.63, 3.8) is 0 Å². The molecule has 1 saturated heterocycles. The molecule has 0 spiro atoms. The first kappa shape index (κ1) is 16.5. The zero-order valence-corrected chi connectivity index (χ0v) is 14.4. The number of fused-ring (bicyclic) bond motifs is 1. The molecule has 1 aromatic heterocycles. The topological polar surface area (TPSA) is 78.2 Å². The van der Waals surface area contributed by atoms with Gasteiger partial charge < -0.3 is 23.5 Å². The van der Waals surface area contributed by atoms with Crippen LogP contribution in [0.15, 0.2) is 39.5 Å². The predicted molar refractivity (Wildman–Crippen MR) is 91.8 cm³/mol. The van der Waals surface area contributed by atoms with E-state index in [-0.39, 0.29) is 18.8 Å². The Kier molecular flexibility index (Phi) is 4.28. The third-order valence-corrected chi connectivity index (χ3v) is 4.52. The number of hydrogen-bond acceptors (Lipinski definition) is 6. The number of ether oxygens (including phenoxy) is 3. The first-order valence-electron chi connectivity index (χ1n) is 8.56. The lowest BCUT2D eigenvalue weighted by molar-refractivity contribution is 0.0594. The minimum absolute atomic E-state index is 0.0297. The Balaban J connectivity index is 1.37. The Morgan fingerprint density at radius 2 is 1.88 bits per heavy atom. The van der Waals surface area contributed by atoms with Crippen LogP contribution in [0.4, 0.5) is 0 Å². The summed E-state index contributed by atoms with van der Waals surface area (Å²) in [5.74, 6) is 2.27. The molecule has 26 heavy (non-hydrogen) atoms. The van der Waals surface area contributed by atoms with Crippen molar-refractivity contribution >= 4 is 5.91 Å². The van der Waals surface area contributed by atoms with Crippen molar-refractivity contribution in [2.45, 2.75) is 25.9 Å². The lowest BCUT2D eigenvalue weighted by Gasteiger charge is -2.32. The van der Waals surface area contributed by atoms with E-state index in [4.69, 9.17) is 18.6 Å². The van der Waals surface area contributed by atoms with Gasteiger partial charge >= 0.3 is 5.63 Å². The van der Waals surface area contributed by atoms with Crippen molar-refractivity contribution in [1.29, 1.82) is 0 Å². The van der Waals surface area contributed by atoms with E-state index in [2.05, 4.69) is 0 Å². The maximum Gasteiger partial charge on any atom is 0.339 e. The second-order valence-electron chi connectivity index (χ2n) is 6.40. The van der Waals surface area contributed by atoms with Gasteiger partial charge in [-0.2, -0.15) is 0 Å². The molecule has 0 N–H and O–H groups in total. The average Bonchev–Trinajstić information content (AvgIpc) is 3.08. The third kappa shape index (κ3) is 3.37. The van der Waals surface area contributed by atoms with Crippen LogP contribution < -0.4 is 19.8 Å². The van der Waals surface area contributed by atoms with Crippen LogP contribution in [0, 0.1) is 6.92 Å². The minimum atomic E-state index is -0.421. The summed E-state index contributed by atoms with van der Waals surface area (Å²) in [5, 5.41) is 0. The molecular formula is C19H19NO6. The fourth-order valence-electron chi connectivity index (χ4n) is 3.23. The molecule has 0 unspecified atom stereocenters. The SMILES string of the molecule is Cc1cc(OC2CCN(C(=O)c3ccc4c(c3)OCO4)CC2)cc(=O)o1. The number of benzene rings is 1. The van der Waals surface area contributed by atoms with Crippen LogP contribution >= 0.6 is 0 Å². The highest BCUT2D eigenvalue weighted by Crippen LogP contribution is 2.33. The molecule has 4 rings (SSSR count). The molecule has 2 aromatic rings. The summed E-state index contributed by atoms with van der Waals surface area (Å²) < 4.78 is 21.4. The van der Waals surface area contributed by atoms with Crippen LogP contribution in [0.25, 0.3) is 0 Å². The maximum atomic E-state index is 12.7. The zero-order chi connectivity index (χ0) is 18.1. The summed E-state index contributed by atoms with van der Waals surface area (Å²) in [6.07, 6.45) is 1.38. The van der Waals surface area contributed by atoms with E-state index in [0.717, 1.165) is 0 Å². The van der Waals surface area contributed by atoms with Crippen molar-refractivity contribution < 1.29 is 23.4 Å². The Morgan fingerprint density at radius 3 is 2.65 bits per heavy atom. The molecule has 0 atom stereocenters. The molecule has 1 fully saturated rings. The molecule has 0 bridgehead atoms. The van der Waals surface area contributed by atoms with Crippen molar-refractivity contribution in [1.82, 2.24) is 4.90 Å². The summed E-state index contributed by atoms with van der Waals surface area (Å²) in [7, 11) is 0. The van der Waals surface area contributed by atoms with Crippen LogP contribution in [0.3, 0.4) is 0 Å². The van der Waals surface area contributed by atoms with E-state index >= 15 is 0 Å². The molecule has 7 heteroatoms. The minimum Gasteiger partial charge on any atom is -0.490 e. The molecule has 136 valence electrons. The van der Waals surface area contributed by atoms with E-state index < -0.39 is 5.63 Å². The van der Waals surface area contributed by atoms with Crippen molar-refractivity contribution in [2.75, 3.05) is 19.9 Å². The number of hydrogen-bond donors (Lipinski definition) is 0. The summed E-state index contributed by atoms with van der Waals surface area (Å²) in [6.45, 7) is 3.09. The molecule has 1 aromatic carbocycles. The molecule has 3 heterocycles. The largest absolute Gasteiger partial charge is 0.490 e. The number of carbonyl (C=O) groups excluding carboxylic acids is 1. The van der Waals surface area contributed by atoms with Gasteiger partial charge in [-0.25, -0.2) is 4.79 Å². The number of rotatable bonds is 3. The highest BCUT2D eigenvalue weighted by molar-refractivity contribution is 5.95. The van der Waals surface area contributed by atoms with Crippen molar-refractivity contribution in [2.24, 2.45) is 0 Å². The first-order valence-corrected chi connectivity index (χ1v) is 8.56. The summed E-state index contributed by atoms with van der Waals surface area (Å²) in [6, 6.07) is 8.28. The van der Waals surface area contributed by atoms with Gasteiger partial charge in [-0.1, -0.05) is 0 Å². The monoisotopic (exact) mass is 357 g/mol. The van der Waals surface area contributed by atoms with E-state index in [1.807, 2.05) is 4.90 Å². The molecule has 7 nitrogen and oxygen atoms in total. The quantitative estimate of drug-likeness (QED) is 0.839. The number of carbonyl (C=O) groups is 1. The Hall–Kier alpha value is -2.96. The van der Waals surface area contributed by atoms with Gasteiger partial charge in [0.1, 0.15) is 17.6 Å². The maximum absolute atomic E-state index is 12.7. The number of aryl methyl sites for hydroxylation is 1. The van der Waals surface area contributed by atoms with Gasteiger partial charge in [-0.15, -0.1) is 0 Å². The second kappa shape index (κ2) is 6.74. The van der Waals surface area contributed by atoms with Gasteiger partial charge in [0.05, 0.1) is 6.07 Å². The number of amides is 1.